The Morgan fingerprint density at radius 3 is 2.31 bits per heavy atom. The summed E-state index contributed by atoms with van der Waals surface area (Å²) >= 11 is 6.09. The SMILES string of the molecule is Cc1nn(C)c(C(N)C(C)C)c1Cl. The fourth-order valence-corrected chi connectivity index (χ4v) is 1.61. The first-order valence-corrected chi connectivity index (χ1v) is 4.77. The van der Waals surface area contributed by atoms with Crippen molar-refractivity contribution in [3.63, 3.8) is 0 Å². The van der Waals surface area contributed by atoms with Crippen LogP contribution in [0.2, 0.25) is 5.02 Å². The highest BCUT2D eigenvalue weighted by molar-refractivity contribution is 6.31. The normalized spacial score (nSPS) is 13.8. The van der Waals surface area contributed by atoms with E-state index in [-0.39, 0.29) is 6.04 Å². The average molecular weight is 202 g/mol. The lowest BCUT2D eigenvalue weighted by Gasteiger charge is -2.16. The Morgan fingerprint density at radius 2 is 2.00 bits per heavy atom. The van der Waals surface area contributed by atoms with E-state index in [2.05, 4.69) is 18.9 Å². The standard InChI is InChI=1S/C9H16ClN3/c1-5(2)8(11)9-7(10)6(3)12-13(9)4/h5,8H,11H2,1-4H3. The van der Waals surface area contributed by atoms with Gasteiger partial charge in [-0.15, -0.1) is 0 Å². The lowest BCUT2D eigenvalue weighted by atomic mass is 10.0. The topological polar surface area (TPSA) is 43.8 Å². The van der Waals surface area contributed by atoms with Crippen molar-refractivity contribution < 1.29 is 0 Å². The zero-order chi connectivity index (χ0) is 10.2. The van der Waals surface area contributed by atoms with Gasteiger partial charge in [-0.25, -0.2) is 0 Å². The molecule has 13 heavy (non-hydrogen) atoms. The predicted molar refractivity (Wildman–Crippen MR) is 54.7 cm³/mol. The monoisotopic (exact) mass is 201 g/mol. The van der Waals surface area contributed by atoms with Crippen molar-refractivity contribution in [3.05, 3.63) is 16.4 Å². The number of halogens is 1. The zero-order valence-electron chi connectivity index (χ0n) is 8.50. The highest BCUT2D eigenvalue weighted by atomic mass is 35.5. The molecule has 1 atom stereocenters. The third kappa shape index (κ3) is 1.86. The third-order valence-electron chi connectivity index (χ3n) is 2.23. The Kier molecular flexibility index (Phi) is 2.98. The van der Waals surface area contributed by atoms with Crippen molar-refractivity contribution in [2.75, 3.05) is 0 Å². The third-order valence-corrected chi connectivity index (χ3v) is 2.69. The lowest BCUT2D eigenvalue weighted by molar-refractivity contribution is 0.480. The van der Waals surface area contributed by atoms with Gasteiger partial charge in [-0.3, -0.25) is 4.68 Å². The number of rotatable bonds is 2. The molecule has 74 valence electrons. The molecule has 1 unspecified atom stereocenters. The molecule has 3 nitrogen and oxygen atoms in total. The Bertz CT molecular complexity index is 304. The second-order valence-electron chi connectivity index (χ2n) is 3.68. The summed E-state index contributed by atoms with van der Waals surface area (Å²) in [5.41, 5.74) is 7.78. The van der Waals surface area contributed by atoms with Gasteiger partial charge in [-0.05, 0) is 12.8 Å². The van der Waals surface area contributed by atoms with Crippen LogP contribution in [0.1, 0.15) is 31.3 Å². The summed E-state index contributed by atoms with van der Waals surface area (Å²) in [6.07, 6.45) is 0. The van der Waals surface area contributed by atoms with E-state index in [9.17, 15) is 0 Å². The Balaban J connectivity index is 3.13. The van der Waals surface area contributed by atoms with Gasteiger partial charge in [0.25, 0.3) is 0 Å². The van der Waals surface area contributed by atoms with Crippen LogP contribution in [0, 0.1) is 12.8 Å². The second-order valence-corrected chi connectivity index (χ2v) is 4.06. The molecular formula is C9H16ClN3. The molecule has 0 saturated carbocycles. The van der Waals surface area contributed by atoms with E-state index in [1.807, 2.05) is 14.0 Å². The first kappa shape index (κ1) is 10.5. The minimum atomic E-state index is -0.0429. The maximum atomic E-state index is 6.09. The van der Waals surface area contributed by atoms with Gasteiger partial charge < -0.3 is 5.73 Å². The molecule has 1 heterocycles. The van der Waals surface area contributed by atoms with Gasteiger partial charge in [-0.1, -0.05) is 25.4 Å². The van der Waals surface area contributed by atoms with Crippen LogP contribution < -0.4 is 5.73 Å². The van der Waals surface area contributed by atoms with Gasteiger partial charge in [0.05, 0.1) is 22.5 Å². The first-order valence-electron chi connectivity index (χ1n) is 4.39. The number of aryl methyl sites for hydroxylation is 2. The predicted octanol–water partition coefficient (Wildman–Crippen LogP) is 2.04. The smallest absolute Gasteiger partial charge is 0.0863 e. The minimum absolute atomic E-state index is 0.0429. The molecule has 0 fully saturated rings. The lowest BCUT2D eigenvalue weighted by Crippen LogP contribution is -2.20. The molecule has 0 amide bonds. The van der Waals surface area contributed by atoms with Crippen molar-refractivity contribution in [2.24, 2.45) is 18.7 Å². The first-order chi connectivity index (χ1) is 5.95. The van der Waals surface area contributed by atoms with E-state index in [0.717, 1.165) is 11.4 Å². The van der Waals surface area contributed by atoms with E-state index < -0.39 is 0 Å². The molecule has 1 rings (SSSR count). The Morgan fingerprint density at radius 1 is 1.46 bits per heavy atom. The van der Waals surface area contributed by atoms with E-state index >= 15 is 0 Å². The molecule has 0 aromatic carbocycles. The quantitative estimate of drug-likeness (QED) is 0.796. The van der Waals surface area contributed by atoms with Crippen molar-refractivity contribution in [1.82, 2.24) is 9.78 Å². The van der Waals surface area contributed by atoms with Crippen LogP contribution in [0.25, 0.3) is 0 Å². The van der Waals surface area contributed by atoms with Crippen LogP contribution in [0.5, 0.6) is 0 Å². The summed E-state index contributed by atoms with van der Waals surface area (Å²) in [7, 11) is 1.87. The molecule has 2 N–H and O–H groups in total. The van der Waals surface area contributed by atoms with Crippen LogP contribution in [0.3, 0.4) is 0 Å². The largest absolute Gasteiger partial charge is 0.322 e. The Hall–Kier alpha value is -0.540. The number of nitrogens with two attached hydrogens (primary N) is 1. The summed E-state index contributed by atoms with van der Waals surface area (Å²) < 4.78 is 1.77. The summed E-state index contributed by atoms with van der Waals surface area (Å²) in [4.78, 5) is 0. The maximum Gasteiger partial charge on any atom is 0.0863 e. The molecular weight excluding hydrogens is 186 g/mol. The number of aromatic nitrogens is 2. The van der Waals surface area contributed by atoms with Crippen LogP contribution >= 0.6 is 11.6 Å². The van der Waals surface area contributed by atoms with E-state index in [0.29, 0.717) is 10.9 Å². The van der Waals surface area contributed by atoms with Crippen molar-refractivity contribution >= 4 is 11.6 Å². The number of nitrogens with zero attached hydrogens (tertiary/aromatic N) is 2. The van der Waals surface area contributed by atoms with Crippen LogP contribution in [0.15, 0.2) is 0 Å². The average Bonchev–Trinajstić information content (AvgIpc) is 2.26. The van der Waals surface area contributed by atoms with Gasteiger partial charge >= 0.3 is 0 Å². The molecule has 0 aliphatic carbocycles. The summed E-state index contributed by atoms with van der Waals surface area (Å²) in [6.45, 7) is 6.03. The Labute approximate surface area is 83.9 Å². The van der Waals surface area contributed by atoms with E-state index in [1.54, 1.807) is 4.68 Å². The molecule has 0 saturated heterocycles. The molecule has 0 spiro atoms. The summed E-state index contributed by atoms with van der Waals surface area (Å²) in [5, 5.41) is 4.92. The van der Waals surface area contributed by atoms with Gasteiger partial charge in [0, 0.05) is 7.05 Å². The van der Waals surface area contributed by atoms with Gasteiger partial charge in [0.15, 0.2) is 0 Å². The van der Waals surface area contributed by atoms with Crippen molar-refractivity contribution in [3.8, 4) is 0 Å². The van der Waals surface area contributed by atoms with Crippen LogP contribution in [0.4, 0.5) is 0 Å². The molecule has 0 radical (unpaired) electrons. The van der Waals surface area contributed by atoms with Gasteiger partial charge in [-0.2, -0.15) is 5.10 Å². The number of hydrogen-bond donors (Lipinski definition) is 1. The summed E-state index contributed by atoms with van der Waals surface area (Å²) in [5.74, 6) is 0.368. The van der Waals surface area contributed by atoms with E-state index in [1.165, 1.54) is 0 Å². The highest BCUT2D eigenvalue weighted by Crippen LogP contribution is 2.27. The summed E-state index contributed by atoms with van der Waals surface area (Å²) in [6, 6.07) is -0.0429. The fourth-order valence-electron chi connectivity index (χ4n) is 1.33. The number of hydrogen-bond acceptors (Lipinski definition) is 2. The van der Waals surface area contributed by atoms with Gasteiger partial charge in [0.2, 0.25) is 0 Å². The van der Waals surface area contributed by atoms with Crippen LogP contribution in [-0.2, 0) is 7.05 Å². The zero-order valence-corrected chi connectivity index (χ0v) is 9.26. The van der Waals surface area contributed by atoms with E-state index in [4.69, 9.17) is 17.3 Å². The van der Waals surface area contributed by atoms with Crippen molar-refractivity contribution in [1.29, 1.82) is 0 Å². The molecule has 0 aliphatic rings. The van der Waals surface area contributed by atoms with Gasteiger partial charge in [0.1, 0.15) is 0 Å². The molecule has 1 aromatic heterocycles. The molecule has 1 aromatic rings. The highest BCUT2D eigenvalue weighted by Gasteiger charge is 2.20. The minimum Gasteiger partial charge on any atom is -0.322 e. The molecule has 0 aliphatic heterocycles. The van der Waals surface area contributed by atoms with Crippen molar-refractivity contribution in [2.45, 2.75) is 26.8 Å². The van der Waals surface area contributed by atoms with Crippen LogP contribution in [-0.4, -0.2) is 9.78 Å². The fraction of sp³-hybridized carbons (Fsp3) is 0.667. The maximum absolute atomic E-state index is 6.09. The molecule has 0 bridgehead atoms. The molecule has 4 heteroatoms. The second kappa shape index (κ2) is 3.68.